The minimum Gasteiger partial charge on any atom is -0.389 e. The van der Waals surface area contributed by atoms with Crippen LogP contribution in [-0.4, -0.2) is 23.8 Å². The first-order valence-corrected chi connectivity index (χ1v) is 7.36. The van der Waals surface area contributed by atoms with Crippen molar-refractivity contribution in [1.82, 2.24) is 5.32 Å². The fraction of sp³-hybridized carbons (Fsp3) is 1.00. The summed E-state index contributed by atoms with van der Waals surface area (Å²) in [5.74, 6) is 0.791. The molecule has 1 saturated carbocycles. The summed E-state index contributed by atoms with van der Waals surface area (Å²) >= 11 is 0. The minimum atomic E-state index is -0.435. The van der Waals surface area contributed by atoms with E-state index < -0.39 is 5.60 Å². The Balaban J connectivity index is 2.38. The minimum absolute atomic E-state index is 0.435. The number of rotatable bonds is 6. The van der Waals surface area contributed by atoms with Crippen LogP contribution in [0.1, 0.15) is 66.2 Å². The molecule has 0 atom stereocenters. The van der Waals surface area contributed by atoms with Gasteiger partial charge in [-0.15, -0.1) is 0 Å². The SMILES string of the molecule is CCCNCC1(O)CCC(C(C)(C)CC)CC1. The highest BCUT2D eigenvalue weighted by atomic mass is 16.3. The maximum Gasteiger partial charge on any atom is 0.0771 e. The fourth-order valence-electron chi connectivity index (χ4n) is 2.90. The molecule has 0 aliphatic heterocycles. The summed E-state index contributed by atoms with van der Waals surface area (Å²) in [6.07, 6.45) is 6.69. The molecule has 2 nitrogen and oxygen atoms in total. The van der Waals surface area contributed by atoms with Crippen molar-refractivity contribution < 1.29 is 5.11 Å². The fourth-order valence-corrected chi connectivity index (χ4v) is 2.90. The van der Waals surface area contributed by atoms with E-state index in [1.54, 1.807) is 0 Å². The largest absolute Gasteiger partial charge is 0.389 e. The van der Waals surface area contributed by atoms with Crippen molar-refractivity contribution in [2.75, 3.05) is 13.1 Å². The molecule has 0 bridgehead atoms. The zero-order valence-corrected chi connectivity index (χ0v) is 12.2. The molecule has 0 aromatic heterocycles. The molecule has 1 aliphatic rings. The van der Waals surface area contributed by atoms with Gasteiger partial charge in [0.05, 0.1) is 5.60 Å². The van der Waals surface area contributed by atoms with Crippen LogP contribution in [-0.2, 0) is 0 Å². The van der Waals surface area contributed by atoms with Crippen LogP contribution in [0.5, 0.6) is 0 Å². The molecule has 0 unspecified atom stereocenters. The lowest BCUT2D eigenvalue weighted by Gasteiger charge is -2.42. The van der Waals surface area contributed by atoms with E-state index in [-0.39, 0.29) is 0 Å². The van der Waals surface area contributed by atoms with E-state index in [0.717, 1.165) is 38.3 Å². The lowest BCUT2D eigenvalue weighted by atomic mass is 9.66. The molecular formula is C15H31NO. The Morgan fingerprint density at radius 1 is 1.24 bits per heavy atom. The number of hydrogen-bond acceptors (Lipinski definition) is 2. The Labute approximate surface area is 107 Å². The highest BCUT2D eigenvalue weighted by Gasteiger charge is 2.37. The molecule has 0 aromatic rings. The van der Waals surface area contributed by atoms with E-state index in [1.165, 1.54) is 19.3 Å². The Hall–Kier alpha value is -0.0800. The molecule has 0 spiro atoms. The van der Waals surface area contributed by atoms with Gasteiger partial charge in [0.2, 0.25) is 0 Å². The third-order valence-electron chi connectivity index (χ3n) is 4.81. The maximum absolute atomic E-state index is 10.5. The highest BCUT2D eigenvalue weighted by Crippen LogP contribution is 2.43. The summed E-state index contributed by atoms with van der Waals surface area (Å²) in [6, 6.07) is 0. The maximum atomic E-state index is 10.5. The molecule has 2 heteroatoms. The first-order chi connectivity index (χ1) is 7.93. The van der Waals surface area contributed by atoms with Crippen LogP contribution >= 0.6 is 0 Å². The van der Waals surface area contributed by atoms with Crippen molar-refractivity contribution >= 4 is 0 Å². The summed E-state index contributed by atoms with van der Waals surface area (Å²) in [4.78, 5) is 0. The monoisotopic (exact) mass is 241 g/mol. The quantitative estimate of drug-likeness (QED) is 0.699. The molecule has 0 radical (unpaired) electrons. The topological polar surface area (TPSA) is 32.3 Å². The standard InChI is InChI=1S/C15H31NO/c1-5-11-16-12-15(17)9-7-13(8-10-15)14(3,4)6-2/h13,16-17H,5-12H2,1-4H3. The molecule has 1 aliphatic carbocycles. The third-order valence-corrected chi connectivity index (χ3v) is 4.81. The number of aliphatic hydroxyl groups is 1. The van der Waals surface area contributed by atoms with Gasteiger partial charge >= 0.3 is 0 Å². The van der Waals surface area contributed by atoms with Gasteiger partial charge in [-0.2, -0.15) is 0 Å². The van der Waals surface area contributed by atoms with E-state index in [9.17, 15) is 5.11 Å². The molecule has 0 amide bonds. The predicted molar refractivity (Wildman–Crippen MR) is 74.1 cm³/mol. The van der Waals surface area contributed by atoms with E-state index in [2.05, 4.69) is 33.0 Å². The zero-order valence-electron chi connectivity index (χ0n) is 12.2. The zero-order chi connectivity index (χ0) is 12.9. The van der Waals surface area contributed by atoms with Gasteiger partial charge in [0.1, 0.15) is 0 Å². The number of hydrogen-bond donors (Lipinski definition) is 2. The van der Waals surface area contributed by atoms with E-state index >= 15 is 0 Å². The van der Waals surface area contributed by atoms with Crippen molar-refractivity contribution in [1.29, 1.82) is 0 Å². The first-order valence-electron chi connectivity index (χ1n) is 7.36. The molecule has 1 fully saturated rings. The van der Waals surface area contributed by atoms with Crippen LogP contribution in [0.4, 0.5) is 0 Å². The van der Waals surface area contributed by atoms with Gasteiger partial charge in [0.15, 0.2) is 0 Å². The van der Waals surface area contributed by atoms with E-state index in [4.69, 9.17) is 0 Å². The molecule has 17 heavy (non-hydrogen) atoms. The molecule has 0 saturated heterocycles. The summed E-state index contributed by atoms with van der Waals surface area (Å²) < 4.78 is 0. The van der Waals surface area contributed by atoms with Crippen LogP contribution in [0.25, 0.3) is 0 Å². The Kier molecular flexibility index (Phi) is 5.46. The van der Waals surface area contributed by atoms with Crippen molar-refractivity contribution in [3.63, 3.8) is 0 Å². The second kappa shape index (κ2) is 6.19. The van der Waals surface area contributed by atoms with Crippen LogP contribution in [0, 0.1) is 11.3 Å². The van der Waals surface area contributed by atoms with Gasteiger partial charge < -0.3 is 10.4 Å². The van der Waals surface area contributed by atoms with Gasteiger partial charge in [0.25, 0.3) is 0 Å². The average molecular weight is 241 g/mol. The summed E-state index contributed by atoms with van der Waals surface area (Å²) in [5.41, 5.74) is 0.00761. The molecule has 1 rings (SSSR count). The lowest BCUT2D eigenvalue weighted by molar-refractivity contribution is -0.0266. The second-order valence-electron chi connectivity index (χ2n) is 6.52. The molecule has 0 aromatic carbocycles. The van der Waals surface area contributed by atoms with E-state index in [0.29, 0.717) is 5.41 Å². The predicted octanol–water partition coefficient (Wildman–Crippen LogP) is 3.34. The average Bonchev–Trinajstić information content (AvgIpc) is 2.30. The van der Waals surface area contributed by atoms with Crippen LogP contribution in [0.3, 0.4) is 0 Å². The van der Waals surface area contributed by atoms with Gasteiger partial charge in [-0.3, -0.25) is 0 Å². The smallest absolute Gasteiger partial charge is 0.0771 e. The van der Waals surface area contributed by atoms with Crippen molar-refractivity contribution in [2.24, 2.45) is 11.3 Å². The van der Waals surface area contributed by atoms with Gasteiger partial charge in [-0.1, -0.05) is 34.1 Å². The Morgan fingerprint density at radius 2 is 1.82 bits per heavy atom. The normalized spacial score (nSPS) is 30.5. The third kappa shape index (κ3) is 4.26. The van der Waals surface area contributed by atoms with Crippen molar-refractivity contribution in [2.45, 2.75) is 71.8 Å². The summed E-state index contributed by atoms with van der Waals surface area (Å²) in [6.45, 7) is 11.0. The van der Waals surface area contributed by atoms with E-state index in [1.807, 2.05) is 0 Å². The van der Waals surface area contributed by atoms with Crippen LogP contribution in [0.2, 0.25) is 0 Å². The Morgan fingerprint density at radius 3 is 2.29 bits per heavy atom. The summed E-state index contributed by atoms with van der Waals surface area (Å²) in [5, 5.41) is 13.9. The summed E-state index contributed by atoms with van der Waals surface area (Å²) in [7, 11) is 0. The van der Waals surface area contributed by atoms with Crippen LogP contribution < -0.4 is 5.32 Å². The molecule has 102 valence electrons. The van der Waals surface area contributed by atoms with Gasteiger partial charge in [-0.25, -0.2) is 0 Å². The molecule has 2 N–H and O–H groups in total. The van der Waals surface area contributed by atoms with Crippen LogP contribution in [0.15, 0.2) is 0 Å². The second-order valence-corrected chi connectivity index (χ2v) is 6.52. The highest BCUT2D eigenvalue weighted by molar-refractivity contribution is 4.91. The van der Waals surface area contributed by atoms with Gasteiger partial charge in [0, 0.05) is 6.54 Å². The van der Waals surface area contributed by atoms with Crippen molar-refractivity contribution in [3.05, 3.63) is 0 Å². The van der Waals surface area contributed by atoms with Crippen molar-refractivity contribution in [3.8, 4) is 0 Å². The lowest BCUT2D eigenvalue weighted by Crippen LogP contribution is -2.45. The molecule has 0 heterocycles. The van der Waals surface area contributed by atoms with Gasteiger partial charge in [-0.05, 0) is 50.0 Å². The number of nitrogens with one attached hydrogen (secondary N) is 1. The molecular weight excluding hydrogens is 210 g/mol. The first kappa shape index (κ1) is 15.0. The Bertz CT molecular complexity index is 217.